The number of hydrogen-bond acceptors (Lipinski definition) is 3. The Hall–Kier alpha value is -3.20. The first kappa shape index (κ1) is 20.5. The van der Waals surface area contributed by atoms with Gasteiger partial charge in [-0.3, -0.25) is 9.59 Å². The highest BCUT2D eigenvalue weighted by Gasteiger charge is 2.14. The second kappa shape index (κ2) is 10.4. The van der Waals surface area contributed by atoms with E-state index >= 15 is 0 Å². The van der Waals surface area contributed by atoms with Gasteiger partial charge in [-0.05, 0) is 54.7 Å². The fourth-order valence-corrected chi connectivity index (χ4v) is 3.33. The molecule has 3 heteroatoms. The van der Waals surface area contributed by atoms with E-state index in [1.807, 2.05) is 72.8 Å². The maximum absolute atomic E-state index is 12.3. The number of rotatable bonds is 10. The van der Waals surface area contributed by atoms with Crippen LogP contribution < -0.4 is 4.74 Å². The maximum atomic E-state index is 12.3. The van der Waals surface area contributed by atoms with E-state index in [0.717, 1.165) is 41.7 Å². The van der Waals surface area contributed by atoms with Crippen LogP contribution in [0.5, 0.6) is 5.75 Å². The van der Waals surface area contributed by atoms with E-state index in [0.29, 0.717) is 6.42 Å². The van der Waals surface area contributed by atoms with Crippen molar-refractivity contribution in [3.8, 4) is 5.75 Å². The van der Waals surface area contributed by atoms with Gasteiger partial charge in [-0.1, -0.05) is 61.1 Å². The van der Waals surface area contributed by atoms with Crippen molar-refractivity contribution in [2.24, 2.45) is 5.92 Å². The monoisotopic (exact) mass is 386 g/mol. The van der Waals surface area contributed by atoms with Gasteiger partial charge in [0.15, 0.2) is 11.6 Å². The summed E-state index contributed by atoms with van der Waals surface area (Å²) in [6, 6.07) is 17.0. The fourth-order valence-electron chi connectivity index (χ4n) is 3.33. The van der Waals surface area contributed by atoms with Gasteiger partial charge in [0.25, 0.3) is 0 Å². The molecule has 0 radical (unpaired) electrons. The van der Waals surface area contributed by atoms with Crippen molar-refractivity contribution in [3.63, 3.8) is 0 Å². The molecule has 1 aliphatic carbocycles. The summed E-state index contributed by atoms with van der Waals surface area (Å²) in [7, 11) is 1.61. The number of unbranched alkanes of at least 4 members (excludes halogenated alkanes) is 1. The van der Waals surface area contributed by atoms with Gasteiger partial charge in [-0.15, -0.1) is 0 Å². The molecule has 0 fully saturated rings. The lowest BCUT2D eigenvalue weighted by Gasteiger charge is -2.06. The van der Waals surface area contributed by atoms with Crippen molar-refractivity contribution >= 4 is 17.6 Å². The maximum Gasteiger partial charge on any atom is 0.185 e. The zero-order chi connectivity index (χ0) is 20.5. The van der Waals surface area contributed by atoms with Gasteiger partial charge in [0.2, 0.25) is 0 Å². The van der Waals surface area contributed by atoms with Crippen LogP contribution in [-0.4, -0.2) is 18.7 Å². The Morgan fingerprint density at radius 1 is 1.00 bits per heavy atom. The summed E-state index contributed by atoms with van der Waals surface area (Å²) < 4.78 is 5.12. The van der Waals surface area contributed by atoms with Crippen LogP contribution in [0.4, 0.5) is 0 Å². The highest BCUT2D eigenvalue weighted by atomic mass is 16.5. The Kier molecular flexibility index (Phi) is 7.34. The lowest BCUT2D eigenvalue weighted by atomic mass is 9.99. The normalized spacial score (nSPS) is 15.5. The van der Waals surface area contributed by atoms with E-state index < -0.39 is 0 Å². The van der Waals surface area contributed by atoms with Crippen LogP contribution in [0, 0.1) is 5.92 Å². The molecule has 3 rings (SSSR count). The molecule has 1 unspecified atom stereocenters. The number of carbonyl (C=O) groups is 2. The zero-order valence-electron chi connectivity index (χ0n) is 16.7. The number of hydrogen-bond donors (Lipinski definition) is 0. The highest BCUT2D eigenvalue weighted by Crippen LogP contribution is 2.23. The third-order valence-electron chi connectivity index (χ3n) is 5.03. The number of allylic oxidation sites excluding steroid dienone is 5. The molecule has 0 N–H and O–H groups in total. The van der Waals surface area contributed by atoms with Gasteiger partial charge >= 0.3 is 0 Å². The number of carbonyl (C=O) groups excluding carboxylic acids is 2. The first-order valence-electron chi connectivity index (χ1n) is 10.0. The number of benzene rings is 2. The molecule has 3 nitrogen and oxygen atoms in total. The van der Waals surface area contributed by atoms with Crippen LogP contribution in [0.15, 0.2) is 84.5 Å². The van der Waals surface area contributed by atoms with E-state index in [1.165, 1.54) is 0 Å². The number of Topliss-reactive ketones (excluding diaryl/α,β-unsaturated/α-hetero) is 1. The molecular formula is C26H26O3. The first-order chi connectivity index (χ1) is 14.2. The molecule has 0 saturated carbocycles. The van der Waals surface area contributed by atoms with E-state index in [-0.39, 0.29) is 17.5 Å². The highest BCUT2D eigenvalue weighted by molar-refractivity contribution is 6.08. The molecule has 0 aliphatic heterocycles. The summed E-state index contributed by atoms with van der Waals surface area (Å²) in [5, 5.41) is 0. The quantitative estimate of drug-likeness (QED) is 0.293. The minimum atomic E-state index is 0.0299. The van der Waals surface area contributed by atoms with Gasteiger partial charge in [0.05, 0.1) is 7.11 Å². The molecule has 1 aliphatic rings. The molecule has 0 saturated heterocycles. The average Bonchev–Trinajstić information content (AvgIpc) is 3.25. The van der Waals surface area contributed by atoms with Crippen molar-refractivity contribution in [1.29, 1.82) is 0 Å². The Morgan fingerprint density at radius 3 is 2.48 bits per heavy atom. The van der Waals surface area contributed by atoms with E-state index in [9.17, 15) is 9.59 Å². The third kappa shape index (κ3) is 6.15. The first-order valence-corrected chi connectivity index (χ1v) is 10.0. The minimum absolute atomic E-state index is 0.0299. The van der Waals surface area contributed by atoms with Crippen LogP contribution in [0.3, 0.4) is 0 Å². The van der Waals surface area contributed by atoms with Crippen LogP contribution >= 0.6 is 0 Å². The second-order valence-corrected chi connectivity index (χ2v) is 7.15. The number of ketones is 2. The van der Waals surface area contributed by atoms with Crippen LogP contribution in [0.1, 0.15) is 41.6 Å². The van der Waals surface area contributed by atoms with Gasteiger partial charge < -0.3 is 4.74 Å². The molecule has 2 aromatic rings. The Morgan fingerprint density at radius 2 is 1.76 bits per heavy atom. The summed E-state index contributed by atoms with van der Waals surface area (Å²) in [6.07, 6.45) is 12.8. The number of ether oxygens (including phenoxy) is 1. The van der Waals surface area contributed by atoms with Gasteiger partial charge in [0.1, 0.15) is 5.75 Å². The summed E-state index contributed by atoms with van der Waals surface area (Å²) in [6.45, 7) is 0. The summed E-state index contributed by atoms with van der Waals surface area (Å²) in [5.74, 6) is 1.22. The van der Waals surface area contributed by atoms with Crippen molar-refractivity contribution in [2.45, 2.75) is 25.7 Å². The summed E-state index contributed by atoms with van der Waals surface area (Å²) in [4.78, 5) is 24.6. The largest absolute Gasteiger partial charge is 0.497 e. The van der Waals surface area contributed by atoms with Gasteiger partial charge in [-0.25, -0.2) is 0 Å². The molecule has 2 aromatic carbocycles. The lowest BCUT2D eigenvalue weighted by Crippen LogP contribution is -2.00. The van der Waals surface area contributed by atoms with E-state index in [2.05, 4.69) is 6.08 Å². The Labute approximate surface area is 172 Å². The van der Waals surface area contributed by atoms with Crippen molar-refractivity contribution < 1.29 is 14.3 Å². The zero-order valence-corrected chi connectivity index (χ0v) is 16.7. The molecule has 0 spiro atoms. The van der Waals surface area contributed by atoms with Crippen molar-refractivity contribution in [2.75, 3.05) is 7.11 Å². The predicted octanol–water partition coefficient (Wildman–Crippen LogP) is 5.83. The molecule has 1 atom stereocenters. The van der Waals surface area contributed by atoms with Gasteiger partial charge in [-0.2, -0.15) is 0 Å². The average molecular weight is 386 g/mol. The molecule has 0 heterocycles. The minimum Gasteiger partial charge on any atom is -0.497 e. The molecule has 148 valence electrons. The fraction of sp³-hybridized carbons (Fsp3) is 0.231. The van der Waals surface area contributed by atoms with Crippen molar-refractivity contribution in [3.05, 3.63) is 95.6 Å². The Bertz CT molecular complexity index is 918. The molecule has 0 bridgehead atoms. The van der Waals surface area contributed by atoms with E-state index in [4.69, 9.17) is 4.74 Å². The van der Waals surface area contributed by atoms with Crippen LogP contribution in [-0.2, 0) is 4.79 Å². The molecule has 0 amide bonds. The van der Waals surface area contributed by atoms with Crippen molar-refractivity contribution in [1.82, 2.24) is 0 Å². The predicted molar refractivity (Wildman–Crippen MR) is 117 cm³/mol. The Balaban J connectivity index is 1.41. The molecule has 0 aromatic heterocycles. The lowest BCUT2D eigenvalue weighted by molar-refractivity contribution is -0.111. The van der Waals surface area contributed by atoms with Crippen LogP contribution in [0.25, 0.3) is 6.08 Å². The molecule has 29 heavy (non-hydrogen) atoms. The van der Waals surface area contributed by atoms with Gasteiger partial charge in [0, 0.05) is 17.6 Å². The van der Waals surface area contributed by atoms with E-state index in [1.54, 1.807) is 13.2 Å². The number of methoxy groups -OCH3 is 1. The third-order valence-corrected chi connectivity index (χ3v) is 5.03. The molecular weight excluding hydrogens is 360 g/mol. The SMILES string of the molecule is COc1ccc(C(=O)CCCCC2C=CC(C(=O)C=Cc3ccccc3)=C2)cc1. The summed E-state index contributed by atoms with van der Waals surface area (Å²) >= 11 is 0. The smallest absolute Gasteiger partial charge is 0.185 e. The topological polar surface area (TPSA) is 43.4 Å². The van der Waals surface area contributed by atoms with Crippen LogP contribution in [0.2, 0.25) is 0 Å². The standard InChI is InChI=1S/C26H26O3/c1-29-24-16-14-22(15-17-24)25(27)10-6-5-9-21-11-13-23(19-21)26(28)18-12-20-7-3-2-4-8-20/h2-4,7-8,11-19,21H,5-6,9-10H2,1H3. The summed E-state index contributed by atoms with van der Waals surface area (Å²) in [5.41, 5.74) is 2.49. The second-order valence-electron chi connectivity index (χ2n) is 7.15.